The zero-order valence-corrected chi connectivity index (χ0v) is 12.7. The highest BCUT2D eigenvalue weighted by Gasteiger charge is 2.29. The summed E-state index contributed by atoms with van der Waals surface area (Å²) in [4.78, 5) is 0. The van der Waals surface area contributed by atoms with Crippen LogP contribution in [-0.4, -0.2) is 29.3 Å². The largest absolute Gasteiger partial charge is 0.396 e. The van der Waals surface area contributed by atoms with Crippen molar-refractivity contribution in [3.63, 3.8) is 0 Å². The van der Waals surface area contributed by atoms with Crippen molar-refractivity contribution in [2.75, 3.05) is 18.9 Å². The zero-order chi connectivity index (χ0) is 13.7. The van der Waals surface area contributed by atoms with Crippen molar-refractivity contribution in [3.8, 4) is 0 Å². The van der Waals surface area contributed by atoms with Crippen molar-refractivity contribution >= 4 is 11.8 Å². The van der Waals surface area contributed by atoms with E-state index in [4.69, 9.17) is 5.11 Å². The number of nitrogens with one attached hydrogen (secondary N) is 1. The third-order valence-electron chi connectivity index (χ3n) is 3.79. The van der Waals surface area contributed by atoms with Crippen LogP contribution in [0.25, 0.3) is 0 Å². The summed E-state index contributed by atoms with van der Waals surface area (Å²) < 4.78 is 0. The molecule has 3 atom stereocenters. The van der Waals surface area contributed by atoms with Gasteiger partial charge < -0.3 is 10.4 Å². The highest BCUT2D eigenvalue weighted by atomic mass is 32.2. The number of rotatable bonds is 6. The lowest BCUT2D eigenvalue weighted by Gasteiger charge is -2.34. The summed E-state index contributed by atoms with van der Waals surface area (Å²) in [7, 11) is 0. The molecule has 1 aromatic rings. The van der Waals surface area contributed by atoms with Gasteiger partial charge in [0.05, 0.1) is 0 Å². The van der Waals surface area contributed by atoms with Crippen molar-refractivity contribution in [1.82, 2.24) is 5.32 Å². The predicted molar refractivity (Wildman–Crippen MR) is 83.7 cm³/mol. The number of thioether (sulfide) groups is 1. The molecule has 0 saturated carbocycles. The molecule has 106 valence electrons. The Labute approximate surface area is 121 Å². The number of benzene rings is 1. The van der Waals surface area contributed by atoms with Crippen LogP contribution < -0.4 is 5.32 Å². The Bertz CT molecular complexity index is 396. The standard InChI is InChI=1S/C16H25NOS/c1-3-17-16-14-7-5-4-6-13(14)8-9-15(16)19-11-12(2)10-18/h4-7,12,15-18H,3,8-11H2,1-2H3. The molecule has 1 aromatic carbocycles. The van der Waals surface area contributed by atoms with Crippen molar-refractivity contribution < 1.29 is 5.11 Å². The molecule has 1 aliphatic carbocycles. The van der Waals surface area contributed by atoms with Crippen molar-refractivity contribution in [1.29, 1.82) is 0 Å². The molecule has 0 heterocycles. The van der Waals surface area contributed by atoms with Crippen molar-refractivity contribution in [2.45, 2.75) is 38.0 Å². The number of aryl methyl sites for hydroxylation is 1. The molecule has 0 spiro atoms. The van der Waals surface area contributed by atoms with E-state index in [0.29, 0.717) is 23.8 Å². The molecule has 19 heavy (non-hydrogen) atoms. The van der Waals surface area contributed by atoms with Crippen molar-refractivity contribution in [3.05, 3.63) is 35.4 Å². The Hall–Kier alpha value is -0.510. The first-order valence-corrected chi connectivity index (χ1v) is 8.34. The molecule has 2 nitrogen and oxygen atoms in total. The van der Waals surface area contributed by atoms with E-state index < -0.39 is 0 Å². The van der Waals surface area contributed by atoms with E-state index in [2.05, 4.69) is 43.4 Å². The fraction of sp³-hybridized carbons (Fsp3) is 0.625. The van der Waals surface area contributed by atoms with Gasteiger partial charge in [-0.25, -0.2) is 0 Å². The number of fused-ring (bicyclic) bond motifs is 1. The van der Waals surface area contributed by atoms with E-state index in [1.54, 1.807) is 0 Å². The molecule has 0 fully saturated rings. The first-order valence-electron chi connectivity index (χ1n) is 7.29. The molecule has 2 rings (SSSR count). The maximum absolute atomic E-state index is 9.16. The average Bonchev–Trinajstić information content (AvgIpc) is 2.46. The van der Waals surface area contributed by atoms with Crippen molar-refractivity contribution in [2.24, 2.45) is 5.92 Å². The molecule has 2 N–H and O–H groups in total. The van der Waals surface area contributed by atoms with Gasteiger partial charge in [0, 0.05) is 17.9 Å². The SMILES string of the molecule is CCNC1c2ccccc2CCC1SCC(C)CO. The Morgan fingerprint density at radius 3 is 2.95 bits per heavy atom. The Morgan fingerprint density at radius 1 is 1.42 bits per heavy atom. The van der Waals surface area contributed by atoms with Crippen LogP contribution in [0.5, 0.6) is 0 Å². The minimum atomic E-state index is 0.294. The highest BCUT2D eigenvalue weighted by molar-refractivity contribution is 7.99. The minimum Gasteiger partial charge on any atom is -0.396 e. The van der Waals surface area contributed by atoms with Crippen LogP contribution in [0, 0.1) is 5.92 Å². The summed E-state index contributed by atoms with van der Waals surface area (Å²) in [6.45, 7) is 5.59. The number of hydrogen-bond acceptors (Lipinski definition) is 3. The summed E-state index contributed by atoms with van der Waals surface area (Å²) in [5, 5.41) is 13.4. The summed E-state index contributed by atoms with van der Waals surface area (Å²) in [5.74, 6) is 1.44. The van der Waals surface area contributed by atoms with Crippen LogP contribution in [-0.2, 0) is 6.42 Å². The van der Waals surface area contributed by atoms with Gasteiger partial charge in [-0.15, -0.1) is 0 Å². The number of aliphatic hydroxyl groups excluding tert-OH is 1. The maximum atomic E-state index is 9.16. The first kappa shape index (κ1) is 14.9. The quantitative estimate of drug-likeness (QED) is 0.839. The molecule has 0 amide bonds. The zero-order valence-electron chi connectivity index (χ0n) is 11.9. The summed E-state index contributed by atoms with van der Waals surface area (Å²) in [6.07, 6.45) is 2.42. The maximum Gasteiger partial charge on any atom is 0.0464 e. The lowest BCUT2D eigenvalue weighted by atomic mass is 9.87. The molecule has 0 saturated heterocycles. The summed E-state index contributed by atoms with van der Waals surface area (Å²) in [5.41, 5.74) is 2.98. The smallest absolute Gasteiger partial charge is 0.0464 e. The summed E-state index contributed by atoms with van der Waals surface area (Å²) >= 11 is 2.02. The van der Waals surface area contributed by atoms with Gasteiger partial charge in [-0.1, -0.05) is 38.1 Å². The van der Waals surface area contributed by atoms with Gasteiger partial charge in [0.2, 0.25) is 0 Å². The second kappa shape index (κ2) is 7.32. The normalized spacial score (nSPS) is 23.9. The van der Waals surface area contributed by atoms with Gasteiger partial charge in [-0.3, -0.25) is 0 Å². The Balaban J connectivity index is 2.08. The lowest BCUT2D eigenvalue weighted by Crippen LogP contribution is -2.34. The highest BCUT2D eigenvalue weighted by Crippen LogP contribution is 2.37. The van der Waals surface area contributed by atoms with E-state index in [9.17, 15) is 0 Å². The van der Waals surface area contributed by atoms with Crippen LogP contribution in [0.15, 0.2) is 24.3 Å². The molecule has 0 aromatic heterocycles. The Kier molecular flexibility index (Phi) is 5.74. The van der Waals surface area contributed by atoms with Crippen LogP contribution >= 0.6 is 11.8 Å². The minimum absolute atomic E-state index is 0.294. The molecule has 3 unspecified atom stereocenters. The molecular weight excluding hydrogens is 254 g/mol. The van der Waals surface area contributed by atoms with E-state index in [0.717, 1.165) is 12.3 Å². The molecule has 0 bridgehead atoms. The fourth-order valence-corrected chi connectivity index (χ4v) is 4.11. The van der Waals surface area contributed by atoms with Crippen LogP contribution in [0.4, 0.5) is 0 Å². The van der Waals surface area contributed by atoms with Crippen LogP contribution in [0.2, 0.25) is 0 Å². The second-order valence-corrected chi connectivity index (χ2v) is 6.70. The lowest BCUT2D eigenvalue weighted by molar-refractivity contribution is 0.250. The predicted octanol–water partition coefficient (Wildman–Crippen LogP) is 3.01. The molecule has 0 aliphatic heterocycles. The molecule has 0 radical (unpaired) electrons. The molecular formula is C16H25NOS. The van der Waals surface area contributed by atoms with Gasteiger partial charge in [-0.05, 0) is 42.2 Å². The van der Waals surface area contributed by atoms with E-state index >= 15 is 0 Å². The van der Waals surface area contributed by atoms with Crippen LogP contribution in [0.1, 0.15) is 37.4 Å². The first-order chi connectivity index (χ1) is 9.26. The van der Waals surface area contributed by atoms with Gasteiger partial charge in [0.1, 0.15) is 0 Å². The van der Waals surface area contributed by atoms with Gasteiger partial charge >= 0.3 is 0 Å². The molecule has 1 aliphatic rings. The third kappa shape index (κ3) is 3.74. The van der Waals surface area contributed by atoms with E-state index in [1.807, 2.05) is 11.8 Å². The van der Waals surface area contributed by atoms with E-state index in [1.165, 1.54) is 24.0 Å². The molecule has 3 heteroatoms. The third-order valence-corrected chi connectivity index (χ3v) is 5.49. The monoisotopic (exact) mass is 279 g/mol. The Morgan fingerprint density at radius 2 is 2.21 bits per heavy atom. The average molecular weight is 279 g/mol. The summed E-state index contributed by atoms with van der Waals surface area (Å²) in [6, 6.07) is 9.28. The van der Waals surface area contributed by atoms with E-state index in [-0.39, 0.29) is 0 Å². The number of hydrogen-bond donors (Lipinski definition) is 2. The van der Waals surface area contributed by atoms with Crippen LogP contribution in [0.3, 0.4) is 0 Å². The topological polar surface area (TPSA) is 32.3 Å². The van der Waals surface area contributed by atoms with Gasteiger partial charge in [-0.2, -0.15) is 11.8 Å². The van der Waals surface area contributed by atoms with Gasteiger partial charge in [0.15, 0.2) is 0 Å². The van der Waals surface area contributed by atoms with Gasteiger partial charge in [0.25, 0.3) is 0 Å². The number of aliphatic hydroxyl groups is 1. The second-order valence-electron chi connectivity index (χ2n) is 5.43. The fourth-order valence-electron chi connectivity index (χ4n) is 2.71.